The van der Waals surface area contributed by atoms with E-state index in [-0.39, 0.29) is 17.7 Å². The molecule has 3 aromatic carbocycles. The van der Waals surface area contributed by atoms with Gasteiger partial charge >= 0.3 is 0 Å². The molecule has 2 N–H and O–H groups in total. The lowest BCUT2D eigenvalue weighted by molar-refractivity contribution is -0.118. The fourth-order valence-electron chi connectivity index (χ4n) is 4.71. The molecule has 34 heavy (non-hydrogen) atoms. The SMILES string of the molecule is CCCNc1ccc(C(=O)C2(C)CC(N(C(=O)CC)c3ccccc3)c3ccccc3N2)cc1. The number of amides is 1. The van der Waals surface area contributed by atoms with Crippen LogP contribution >= 0.6 is 0 Å². The molecular formula is C29H33N3O2. The van der Waals surface area contributed by atoms with Crippen LogP contribution in [0, 0.1) is 0 Å². The molecule has 1 amide bonds. The summed E-state index contributed by atoms with van der Waals surface area (Å²) in [6.45, 7) is 6.84. The molecule has 5 heteroatoms. The molecule has 5 nitrogen and oxygen atoms in total. The Kier molecular flexibility index (Phi) is 7.01. The highest BCUT2D eigenvalue weighted by molar-refractivity contribution is 6.06. The quantitative estimate of drug-likeness (QED) is 0.383. The molecule has 4 rings (SSSR count). The maximum Gasteiger partial charge on any atom is 0.227 e. The molecule has 0 saturated carbocycles. The van der Waals surface area contributed by atoms with Crippen LogP contribution in [0.2, 0.25) is 0 Å². The summed E-state index contributed by atoms with van der Waals surface area (Å²) < 4.78 is 0. The Hall–Kier alpha value is -3.60. The fraction of sp³-hybridized carbons (Fsp3) is 0.310. The third-order valence-corrected chi connectivity index (χ3v) is 6.48. The van der Waals surface area contributed by atoms with Crippen molar-refractivity contribution in [2.45, 2.75) is 51.6 Å². The fourth-order valence-corrected chi connectivity index (χ4v) is 4.71. The van der Waals surface area contributed by atoms with Crippen LogP contribution in [0.25, 0.3) is 0 Å². The zero-order valence-corrected chi connectivity index (χ0v) is 20.2. The standard InChI is InChI=1S/C29H33N3O2/c1-4-19-30-22-17-15-21(16-18-22)28(34)29(3)20-26(24-13-9-10-14-25(24)31-29)32(27(33)5-2)23-11-7-6-8-12-23/h6-18,26,30-31H,4-5,19-20H2,1-3H3. The van der Waals surface area contributed by atoms with Crippen LogP contribution in [0.3, 0.4) is 0 Å². The number of hydrogen-bond acceptors (Lipinski definition) is 4. The van der Waals surface area contributed by atoms with Crippen LogP contribution < -0.4 is 15.5 Å². The Labute approximate surface area is 202 Å². The lowest BCUT2D eigenvalue weighted by atomic mass is 9.78. The summed E-state index contributed by atoms with van der Waals surface area (Å²) in [6.07, 6.45) is 1.90. The van der Waals surface area contributed by atoms with Crippen molar-refractivity contribution >= 4 is 28.8 Å². The lowest BCUT2D eigenvalue weighted by Gasteiger charge is -2.44. The number of hydrogen-bond donors (Lipinski definition) is 2. The van der Waals surface area contributed by atoms with Crippen molar-refractivity contribution in [1.82, 2.24) is 0 Å². The first-order valence-corrected chi connectivity index (χ1v) is 12.1. The van der Waals surface area contributed by atoms with Crippen molar-refractivity contribution in [1.29, 1.82) is 0 Å². The van der Waals surface area contributed by atoms with Gasteiger partial charge in [0.1, 0.15) is 5.54 Å². The van der Waals surface area contributed by atoms with Gasteiger partial charge in [-0.05, 0) is 61.4 Å². The molecular weight excluding hydrogens is 422 g/mol. The molecule has 0 saturated heterocycles. The van der Waals surface area contributed by atoms with Crippen LogP contribution in [0.5, 0.6) is 0 Å². The second-order valence-corrected chi connectivity index (χ2v) is 9.05. The normalized spacial score (nSPS) is 19.0. The van der Waals surface area contributed by atoms with Crippen molar-refractivity contribution in [3.63, 3.8) is 0 Å². The van der Waals surface area contributed by atoms with E-state index in [2.05, 4.69) is 17.6 Å². The van der Waals surface area contributed by atoms with E-state index in [1.165, 1.54) is 0 Å². The van der Waals surface area contributed by atoms with E-state index < -0.39 is 5.54 Å². The van der Waals surface area contributed by atoms with Gasteiger partial charge in [-0.1, -0.05) is 50.2 Å². The van der Waals surface area contributed by atoms with Crippen molar-refractivity contribution in [2.24, 2.45) is 0 Å². The predicted octanol–water partition coefficient (Wildman–Crippen LogP) is 6.45. The number of benzene rings is 3. The van der Waals surface area contributed by atoms with Gasteiger partial charge in [0.25, 0.3) is 0 Å². The minimum absolute atomic E-state index is 0.0194. The molecule has 0 radical (unpaired) electrons. The van der Waals surface area contributed by atoms with Crippen molar-refractivity contribution in [3.8, 4) is 0 Å². The molecule has 1 aliphatic rings. The van der Waals surface area contributed by atoms with Crippen LogP contribution in [-0.2, 0) is 4.79 Å². The minimum atomic E-state index is -0.863. The van der Waals surface area contributed by atoms with Gasteiger partial charge in [0.2, 0.25) is 5.91 Å². The number of nitrogens with zero attached hydrogens (tertiary/aromatic N) is 1. The Balaban J connectivity index is 1.72. The summed E-state index contributed by atoms with van der Waals surface area (Å²) >= 11 is 0. The molecule has 1 aliphatic heterocycles. The smallest absolute Gasteiger partial charge is 0.227 e. The second-order valence-electron chi connectivity index (χ2n) is 9.05. The highest BCUT2D eigenvalue weighted by Gasteiger charge is 2.44. The van der Waals surface area contributed by atoms with Crippen LogP contribution in [0.4, 0.5) is 17.1 Å². The van der Waals surface area contributed by atoms with Gasteiger partial charge in [0.15, 0.2) is 5.78 Å². The van der Waals surface area contributed by atoms with Crippen molar-refractivity contribution < 1.29 is 9.59 Å². The number of anilines is 3. The third-order valence-electron chi connectivity index (χ3n) is 6.48. The monoisotopic (exact) mass is 455 g/mol. The number of Topliss-reactive ketones (excluding diaryl/α,β-unsaturated/α-hetero) is 1. The summed E-state index contributed by atoms with van der Waals surface area (Å²) in [5.74, 6) is 0.0556. The molecule has 2 atom stereocenters. The Morgan fingerprint density at radius 1 is 0.971 bits per heavy atom. The number of carbonyl (C=O) groups excluding carboxylic acids is 2. The average molecular weight is 456 g/mol. The average Bonchev–Trinajstić information content (AvgIpc) is 2.88. The predicted molar refractivity (Wildman–Crippen MR) is 140 cm³/mol. The maximum absolute atomic E-state index is 13.8. The molecule has 0 aliphatic carbocycles. The number of nitrogens with one attached hydrogen (secondary N) is 2. The minimum Gasteiger partial charge on any atom is -0.385 e. The van der Waals surface area contributed by atoms with E-state index in [9.17, 15) is 9.59 Å². The van der Waals surface area contributed by atoms with Crippen molar-refractivity contribution in [3.05, 3.63) is 90.0 Å². The Bertz CT molecular complexity index is 1140. The van der Waals surface area contributed by atoms with Gasteiger partial charge in [-0.2, -0.15) is 0 Å². The van der Waals surface area contributed by atoms with E-state index in [1.807, 2.05) is 97.6 Å². The zero-order valence-electron chi connectivity index (χ0n) is 20.2. The van der Waals surface area contributed by atoms with Gasteiger partial charge < -0.3 is 15.5 Å². The molecule has 3 aromatic rings. The molecule has 2 unspecified atom stereocenters. The highest BCUT2D eigenvalue weighted by Crippen LogP contribution is 2.44. The van der Waals surface area contributed by atoms with Crippen LogP contribution in [0.1, 0.15) is 62.0 Å². The summed E-state index contributed by atoms with van der Waals surface area (Å²) in [6, 6.07) is 25.1. The third kappa shape index (κ3) is 4.69. The summed E-state index contributed by atoms with van der Waals surface area (Å²) in [5, 5.41) is 6.86. The Morgan fingerprint density at radius 2 is 1.65 bits per heavy atom. The first kappa shape index (κ1) is 23.6. The van der Waals surface area contributed by atoms with E-state index in [0.29, 0.717) is 18.4 Å². The number of fused-ring (bicyclic) bond motifs is 1. The number of carbonyl (C=O) groups is 2. The van der Waals surface area contributed by atoms with Crippen molar-refractivity contribution in [2.75, 3.05) is 22.1 Å². The van der Waals surface area contributed by atoms with Crippen LogP contribution in [0.15, 0.2) is 78.9 Å². The lowest BCUT2D eigenvalue weighted by Crippen LogP contribution is -2.51. The summed E-state index contributed by atoms with van der Waals surface area (Å²) in [7, 11) is 0. The van der Waals surface area contributed by atoms with E-state index in [0.717, 1.165) is 35.6 Å². The van der Waals surface area contributed by atoms with E-state index >= 15 is 0 Å². The highest BCUT2D eigenvalue weighted by atomic mass is 16.2. The van der Waals surface area contributed by atoms with Gasteiger partial charge in [-0.15, -0.1) is 0 Å². The zero-order chi connectivity index (χ0) is 24.1. The Morgan fingerprint density at radius 3 is 2.32 bits per heavy atom. The molecule has 0 spiro atoms. The van der Waals surface area contributed by atoms with Gasteiger partial charge in [0.05, 0.1) is 6.04 Å². The van der Waals surface area contributed by atoms with Crippen LogP contribution in [-0.4, -0.2) is 23.8 Å². The molecule has 0 aromatic heterocycles. The first-order chi connectivity index (χ1) is 16.5. The van der Waals surface area contributed by atoms with E-state index in [1.54, 1.807) is 0 Å². The van der Waals surface area contributed by atoms with Gasteiger partial charge in [-0.25, -0.2) is 0 Å². The molecule has 1 heterocycles. The largest absolute Gasteiger partial charge is 0.385 e. The number of rotatable bonds is 8. The second kappa shape index (κ2) is 10.1. The molecule has 0 fully saturated rings. The molecule has 176 valence electrons. The van der Waals surface area contributed by atoms with Gasteiger partial charge in [-0.3, -0.25) is 9.59 Å². The number of para-hydroxylation sites is 2. The van der Waals surface area contributed by atoms with E-state index in [4.69, 9.17) is 0 Å². The van der Waals surface area contributed by atoms with Gasteiger partial charge in [0, 0.05) is 42.0 Å². The molecule has 0 bridgehead atoms. The first-order valence-electron chi connectivity index (χ1n) is 12.1. The maximum atomic E-state index is 13.8. The number of ketones is 1. The summed E-state index contributed by atoms with van der Waals surface area (Å²) in [4.78, 5) is 28.9. The topological polar surface area (TPSA) is 61.4 Å². The summed E-state index contributed by atoms with van der Waals surface area (Å²) in [5.41, 5.74) is 3.56.